The average molecular weight is 280 g/mol. The van der Waals surface area contributed by atoms with Gasteiger partial charge in [0.15, 0.2) is 5.75 Å². The maximum atomic E-state index is 13.1. The fraction of sp³-hybridized carbons (Fsp3) is 0. The molecule has 8 heteroatoms. The highest BCUT2D eigenvalue weighted by Crippen LogP contribution is 2.22. The Bertz CT molecular complexity index is 668. The fourth-order valence-corrected chi connectivity index (χ4v) is 1.43. The van der Waals surface area contributed by atoms with Gasteiger partial charge in [0.1, 0.15) is 11.3 Å². The Hall–Kier alpha value is -3.03. The molecule has 2 rings (SSSR count). The van der Waals surface area contributed by atoms with Gasteiger partial charge in [-0.1, -0.05) is 0 Å². The summed E-state index contributed by atoms with van der Waals surface area (Å²) < 4.78 is 13.7. The van der Waals surface area contributed by atoms with Gasteiger partial charge in [0.05, 0.1) is 0 Å². The van der Waals surface area contributed by atoms with E-state index in [9.17, 15) is 19.1 Å². The molecule has 0 aliphatic carbocycles. The first kappa shape index (κ1) is 13.4. The third-order valence-corrected chi connectivity index (χ3v) is 2.37. The minimum absolute atomic E-state index is 0.0267. The van der Waals surface area contributed by atoms with Crippen molar-refractivity contribution in [1.82, 2.24) is 10.0 Å². The maximum Gasteiger partial charge on any atom is 0.360 e. The smallest absolute Gasteiger partial charge is 0.360 e. The van der Waals surface area contributed by atoms with Crippen molar-refractivity contribution in [3.05, 3.63) is 48.0 Å². The monoisotopic (exact) mass is 280 g/mol. The van der Waals surface area contributed by atoms with Crippen molar-refractivity contribution in [3.63, 3.8) is 0 Å². The summed E-state index contributed by atoms with van der Waals surface area (Å²) in [5.74, 6) is -2.59. The van der Waals surface area contributed by atoms with E-state index in [1.165, 1.54) is 18.3 Å². The first-order valence-electron chi connectivity index (χ1n) is 5.35. The van der Waals surface area contributed by atoms with Gasteiger partial charge in [-0.25, -0.2) is 14.2 Å². The molecule has 7 nitrogen and oxygen atoms in total. The van der Waals surface area contributed by atoms with Gasteiger partial charge < -0.3 is 15.1 Å². The van der Waals surface area contributed by atoms with Gasteiger partial charge in [0, 0.05) is 12.3 Å². The van der Waals surface area contributed by atoms with Gasteiger partial charge in [-0.2, -0.15) is 9.87 Å². The van der Waals surface area contributed by atoms with Crippen LogP contribution in [-0.2, 0) is 0 Å². The fourth-order valence-electron chi connectivity index (χ4n) is 1.43. The highest BCUT2D eigenvalue weighted by atomic mass is 19.1. The van der Waals surface area contributed by atoms with Gasteiger partial charge in [-0.15, -0.1) is 0 Å². The summed E-state index contributed by atoms with van der Waals surface area (Å²) in [6.07, 6.45) is 1.19. The van der Waals surface area contributed by atoms with Crippen LogP contribution in [0.3, 0.4) is 0 Å². The number of aromatic nitrogens is 1. The van der Waals surface area contributed by atoms with Gasteiger partial charge in [-0.05, 0) is 24.3 Å². The number of carboxylic acid groups (broad SMARTS) is 1. The van der Waals surface area contributed by atoms with Crippen LogP contribution in [0.1, 0.15) is 10.4 Å². The number of carbonyl (C=O) groups excluding carboxylic acids is 1. The zero-order chi connectivity index (χ0) is 14.7. The van der Waals surface area contributed by atoms with E-state index in [0.29, 0.717) is 4.57 Å². The molecule has 2 aromatic rings. The van der Waals surface area contributed by atoms with Crippen LogP contribution in [0.25, 0.3) is 0 Å². The lowest BCUT2D eigenvalue weighted by atomic mass is 10.2. The molecule has 0 unspecified atom stereocenters. The molecule has 1 heterocycles. The number of hydroxylamine groups is 1. The summed E-state index contributed by atoms with van der Waals surface area (Å²) in [5.41, 5.74) is 1.55. The summed E-state index contributed by atoms with van der Waals surface area (Å²) >= 11 is 0. The van der Waals surface area contributed by atoms with E-state index in [4.69, 9.17) is 9.94 Å². The zero-order valence-corrected chi connectivity index (χ0v) is 9.91. The van der Waals surface area contributed by atoms with Crippen molar-refractivity contribution in [1.29, 1.82) is 0 Å². The molecular formula is C12H9FN2O5. The van der Waals surface area contributed by atoms with Crippen LogP contribution in [0, 0.1) is 5.95 Å². The van der Waals surface area contributed by atoms with Crippen LogP contribution in [0.4, 0.5) is 9.18 Å². The van der Waals surface area contributed by atoms with Gasteiger partial charge in [0.2, 0.25) is 5.95 Å². The molecule has 1 aromatic heterocycles. The van der Waals surface area contributed by atoms with E-state index in [1.807, 2.05) is 5.48 Å². The topological polar surface area (TPSA) is 101 Å². The lowest BCUT2D eigenvalue weighted by molar-refractivity contribution is 0.0693. The molecule has 0 spiro atoms. The van der Waals surface area contributed by atoms with Gasteiger partial charge >= 0.3 is 12.0 Å². The molecule has 0 aliphatic heterocycles. The van der Waals surface area contributed by atoms with E-state index in [2.05, 4.69) is 0 Å². The molecule has 0 saturated carbocycles. The van der Waals surface area contributed by atoms with Gasteiger partial charge in [0.25, 0.3) is 0 Å². The quantitative estimate of drug-likeness (QED) is 0.741. The number of carboxylic acids is 1. The largest absolute Gasteiger partial charge is 0.507 e. The number of benzene rings is 1. The number of carbonyl (C=O) groups is 2. The Morgan fingerprint density at radius 1 is 1.30 bits per heavy atom. The standard InChI is InChI=1S/C12H9FN2O5/c13-10-2-1-5-15(10)12(19)14-20-7-3-4-9(16)8(6-7)11(17)18/h1-6,16H,(H,14,19)(H,17,18). The summed E-state index contributed by atoms with van der Waals surface area (Å²) in [6.45, 7) is 0. The van der Waals surface area contributed by atoms with Crippen LogP contribution in [-0.4, -0.2) is 26.8 Å². The van der Waals surface area contributed by atoms with Crippen molar-refractivity contribution < 1.29 is 29.0 Å². The zero-order valence-electron chi connectivity index (χ0n) is 9.91. The number of nitrogens with zero attached hydrogens (tertiary/aromatic N) is 1. The Morgan fingerprint density at radius 3 is 2.65 bits per heavy atom. The Kier molecular flexibility index (Phi) is 3.56. The lowest BCUT2D eigenvalue weighted by Crippen LogP contribution is -2.31. The highest BCUT2D eigenvalue weighted by molar-refractivity contribution is 5.91. The number of aromatic carboxylic acids is 1. The molecule has 0 fully saturated rings. The number of amides is 1. The van der Waals surface area contributed by atoms with Crippen LogP contribution >= 0.6 is 0 Å². The van der Waals surface area contributed by atoms with Crippen LogP contribution < -0.4 is 10.3 Å². The normalized spacial score (nSPS) is 10.1. The van der Waals surface area contributed by atoms with Crippen molar-refractivity contribution >= 4 is 12.0 Å². The van der Waals surface area contributed by atoms with Crippen LogP contribution in [0.5, 0.6) is 11.5 Å². The van der Waals surface area contributed by atoms with E-state index in [-0.39, 0.29) is 11.3 Å². The maximum absolute atomic E-state index is 13.1. The summed E-state index contributed by atoms with van der Waals surface area (Å²) in [7, 11) is 0. The summed E-state index contributed by atoms with van der Waals surface area (Å²) in [4.78, 5) is 27.1. The Labute approximate surface area is 111 Å². The first-order chi connectivity index (χ1) is 9.49. The SMILES string of the molecule is O=C(O)c1cc(ONC(=O)n2cccc2F)ccc1O. The minimum Gasteiger partial charge on any atom is -0.507 e. The summed E-state index contributed by atoms with van der Waals surface area (Å²) in [5, 5.41) is 18.1. The molecular weight excluding hydrogens is 271 g/mol. The predicted octanol–water partition coefficient (Wildman–Crippen LogP) is 1.58. The second-order valence-electron chi connectivity index (χ2n) is 3.69. The molecule has 20 heavy (non-hydrogen) atoms. The molecule has 1 aromatic carbocycles. The van der Waals surface area contributed by atoms with Crippen molar-refractivity contribution in [2.75, 3.05) is 0 Å². The number of phenols is 1. The molecule has 0 atom stereocenters. The van der Waals surface area contributed by atoms with Crippen LogP contribution in [0.2, 0.25) is 0 Å². The number of hydrogen-bond acceptors (Lipinski definition) is 4. The molecule has 0 radical (unpaired) electrons. The minimum atomic E-state index is -1.35. The number of nitrogens with one attached hydrogen (secondary N) is 1. The third kappa shape index (κ3) is 2.69. The number of aromatic hydroxyl groups is 1. The highest BCUT2D eigenvalue weighted by Gasteiger charge is 2.13. The van der Waals surface area contributed by atoms with E-state index in [0.717, 1.165) is 18.2 Å². The second-order valence-corrected chi connectivity index (χ2v) is 3.69. The molecule has 0 saturated heterocycles. The predicted molar refractivity (Wildman–Crippen MR) is 64.0 cm³/mol. The van der Waals surface area contributed by atoms with Gasteiger partial charge in [-0.3, -0.25) is 0 Å². The number of halogens is 1. The Balaban J connectivity index is 2.08. The number of hydrogen-bond donors (Lipinski definition) is 3. The molecule has 0 aliphatic rings. The van der Waals surface area contributed by atoms with Crippen molar-refractivity contribution in [2.24, 2.45) is 0 Å². The molecule has 3 N–H and O–H groups in total. The molecule has 0 bridgehead atoms. The molecule has 1 amide bonds. The third-order valence-electron chi connectivity index (χ3n) is 2.37. The lowest BCUT2D eigenvalue weighted by Gasteiger charge is -2.08. The Morgan fingerprint density at radius 2 is 2.05 bits per heavy atom. The van der Waals surface area contributed by atoms with Crippen LogP contribution in [0.15, 0.2) is 36.5 Å². The number of rotatable bonds is 3. The van der Waals surface area contributed by atoms with E-state index in [1.54, 1.807) is 0 Å². The second kappa shape index (κ2) is 5.31. The van der Waals surface area contributed by atoms with E-state index < -0.39 is 23.7 Å². The van der Waals surface area contributed by atoms with E-state index >= 15 is 0 Å². The molecule has 104 valence electrons. The average Bonchev–Trinajstić information content (AvgIpc) is 2.83. The first-order valence-corrected chi connectivity index (χ1v) is 5.35. The summed E-state index contributed by atoms with van der Waals surface area (Å²) in [6, 6.07) is 4.89. The van der Waals surface area contributed by atoms with Crippen molar-refractivity contribution in [3.8, 4) is 11.5 Å². The van der Waals surface area contributed by atoms with Crippen molar-refractivity contribution in [2.45, 2.75) is 0 Å².